The van der Waals surface area contributed by atoms with Crippen molar-refractivity contribution in [3.05, 3.63) is 30.3 Å². The average Bonchev–Trinajstić information content (AvgIpc) is 2.91. The second kappa shape index (κ2) is 5.50. The van der Waals surface area contributed by atoms with Crippen LogP contribution in [0.15, 0.2) is 35.2 Å². The molecule has 0 aromatic heterocycles. The van der Waals surface area contributed by atoms with E-state index in [1.165, 1.54) is 24.3 Å². The predicted octanol–water partition coefficient (Wildman–Crippen LogP) is -1.92. The summed E-state index contributed by atoms with van der Waals surface area (Å²) in [5.74, 6) is -3.83. The van der Waals surface area contributed by atoms with E-state index in [1.54, 1.807) is 6.07 Å². The number of carbonyl (C=O) groups is 1. The predicted molar refractivity (Wildman–Crippen MR) is 79.4 cm³/mol. The summed E-state index contributed by atoms with van der Waals surface area (Å²) < 4.78 is 30.6. The Labute approximate surface area is 138 Å². The molecular weight excluding hydrogens is 340 g/mol. The number of rotatable bonds is 3. The molecule has 24 heavy (non-hydrogen) atoms. The van der Waals surface area contributed by atoms with E-state index >= 15 is 0 Å². The van der Waals surface area contributed by atoms with Gasteiger partial charge in [-0.25, -0.2) is 8.42 Å². The van der Waals surface area contributed by atoms with Gasteiger partial charge in [-0.1, -0.05) is 18.2 Å². The molecule has 2 saturated carbocycles. The van der Waals surface area contributed by atoms with Crippen LogP contribution in [0.1, 0.15) is 0 Å². The van der Waals surface area contributed by atoms with E-state index < -0.39 is 56.8 Å². The minimum Gasteiger partial charge on any atom is -0.469 e. The Morgan fingerprint density at radius 1 is 1.12 bits per heavy atom. The monoisotopic (exact) mass is 358 g/mol. The third-order valence-corrected chi connectivity index (χ3v) is 7.37. The molecule has 0 spiro atoms. The SMILES string of the molecule is COC(=O)[C@@H]1[C@H]2[C@@H](O)[C@@H](O)[C@](O)([C@@H]2O)[C@@H]1S(=O)(=O)c1ccccc1. The lowest BCUT2D eigenvalue weighted by Gasteiger charge is -2.39. The Balaban J connectivity index is 2.19. The van der Waals surface area contributed by atoms with Crippen molar-refractivity contribution in [3.63, 3.8) is 0 Å². The maximum atomic E-state index is 13.0. The van der Waals surface area contributed by atoms with E-state index in [2.05, 4.69) is 4.74 Å². The Kier molecular flexibility index (Phi) is 3.97. The van der Waals surface area contributed by atoms with E-state index in [4.69, 9.17) is 0 Å². The van der Waals surface area contributed by atoms with E-state index in [9.17, 15) is 33.6 Å². The molecule has 1 aromatic rings. The number of hydrogen-bond donors (Lipinski definition) is 4. The number of carbonyl (C=O) groups excluding carboxylic acids is 1. The zero-order chi connectivity index (χ0) is 17.9. The first kappa shape index (κ1) is 17.3. The topological polar surface area (TPSA) is 141 Å². The highest BCUT2D eigenvalue weighted by Gasteiger charge is 2.77. The third kappa shape index (κ3) is 1.99. The van der Waals surface area contributed by atoms with Crippen molar-refractivity contribution < 1.29 is 38.4 Å². The van der Waals surface area contributed by atoms with Gasteiger partial charge in [-0.3, -0.25) is 4.79 Å². The number of esters is 1. The van der Waals surface area contributed by atoms with Gasteiger partial charge in [0.25, 0.3) is 0 Å². The lowest BCUT2D eigenvalue weighted by molar-refractivity contribution is -0.158. The maximum absolute atomic E-state index is 13.0. The van der Waals surface area contributed by atoms with Crippen LogP contribution in [0.5, 0.6) is 0 Å². The Bertz CT molecular complexity index is 748. The minimum absolute atomic E-state index is 0.168. The second-order valence-corrected chi connectivity index (χ2v) is 8.24. The Morgan fingerprint density at radius 3 is 2.25 bits per heavy atom. The number of sulfone groups is 1. The number of ether oxygens (including phenoxy) is 1. The summed E-state index contributed by atoms with van der Waals surface area (Å²) in [7, 11) is -3.26. The van der Waals surface area contributed by atoms with Crippen LogP contribution in [0.3, 0.4) is 0 Å². The van der Waals surface area contributed by atoms with Gasteiger partial charge in [0.1, 0.15) is 17.0 Å². The first-order chi connectivity index (χ1) is 11.2. The third-order valence-electron chi connectivity index (χ3n) is 5.11. The molecule has 132 valence electrons. The summed E-state index contributed by atoms with van der Waals surface area (Å²) in [5, 5.41) is 39.3. The molecule has 2 aliphatic carbocycles. The molecule has 2 aliphatic rings. The highest BCUT2D eigenvalue weighted by molar-refractivity contribution is 7.92. The molecule has 0 amide bonds. The first-order valence-corrected chi connectivity index (χ1v) is 8.87. The Hall–Kier alpha value is -1.52. The van der Waals surface area contributed by atoms with Crippen LogP contribution in [0, 0.1) is 11.8 Å². The van der Waals surface area contributed by atoms with Gasteiger partial charge in [0.2, 0.25) is 0 Å². The average molecular weight is 358 g/mol. The van der Waals surface area contributed by atoms with Crippen molar-refractivity contribution in [3.8, 4) is 0 Å². The van der Waals surface area contributed by atoms with Crippen molar-refractivity contribution in [1.82, 2.24) is 0 Å². The fourth-order valence-corrected chi connectivity index (χ4v) is 6.29. The summed E-state index contributed by atoms with van der Waals surface area (Å²) in [6.45, 7) is 0. The number of aliphatic hydroxyl groups is 4. The van der Waals surface area contributed by atoms with Crippen LogP contribution in [0.25, 0.3) is 0 Å². The number of fused-ring (bicyclic) bond motifs is 2. The fraction of sp³-hybridized carbons (Fsp3) is 0.533. The standard InChI is InChI=1S/C15H18O8S/c1-23-14(19)9-8-10(16)12(18)15(20,11(8)17)13(9)24(21,22)7-5-3-2-4-6-7/h2-6,8-13,16-18,20H,1H3/t8-,9+,10+,11+,12+,13+,15+/m0/s1. The molecule has 2 bridgehead atoms. The summed E-state index contributed by atoms with van der Waals surface area (Å²) in [6.07, 6.45) is -5.33. The molecule has 0 heterocycles. The fourth-order valence-electron chi connectivity index (χ4n) is 4.00. The minimum atomic E-state index is -4.30. The van der Waals surface area contributed by atoms with E-state index in [1.807, 2.05) is 0 Å². The highest BCUT2D eigenvalue weighted by Crippen LogP contribution is 2.55. The quantitative estimate of drug-likeness (QED) is 0.458. The van der Waals surface area contributed by atoms with Gasteiger partial charge in [-0.15, -0.1) is 0 Å². The van der Waals surface area contributed by atoms with Gasteiger partial charge in [-0.2, -0.15) is 0 Å². The summed E-state index contributed by atoms with van der Waals surface area (Å²) in [4.78, 5) is 12.0. The maximum Gasteiger partial charge on any atom is 0.310 e. The van der Waals surface area contributed by atoms with Crippen LogP contribution >= 0.6 is 0 Å². The molecule has 9 heteroatoms. The zero-order valence-corrected chi connectivity index (χ0v) is 13.5. The molecule has 8 nitrogen and oxygen atoms in total. The first-order valence-electron chi connectivity index (χ1n) is 7.32. The van der Waals surface area contributed by atoms with Gasteiger partial charge < -0.3 is 25.2 Å². The van der Waals surface area contributed by atoms with Crippen LogP contribution in [-0.2, 0) is 19.4 Å². The molecule has 2 fully saturated rings. The van der Waals surface area contributed by atoms with Gasteiger partial charge >= 0.3 is 5.97 Å². The van der Waals surface area contributed by atoms with Crippen molar-refractivity contribution in [2.75, 3.05) is 7.11 Å². The lowest BCUT2D eigenvalue weighted by atomic mass is 9.83. The van der Waals surface area contributed by atoms with E-state index in [-0.39, 0.29) is 4.90 Å². The Morgan fingerprint density at radius 2 is 1.71 bits per heavy atom. The normalized spacial score (nSPS) is 41.4. The molecule has 0 aliphatic heterocycles. The van der Waals surface area contributed by atoms with Crippen molar-refractivity contribution in [1.29, 1.82) is 0 Å². The van der Waals surface area contributed by atoms with Crippen molar-refractivity contribution in [2.24, 2.45) is 11.8 Å². The van der Waals surface area contributed by atoms with Gasteiger partial charge in [0, 0.05) is 5.92 Å². The summed E-state index contributed by atoms with van der Waals surface area (Å²) in [5.41, 5.74) is -2.57. The van der Waals surface area contributed by atoms with Gasteiger partial charge in [0.15, 0.2) is 9.84 Å². The number of aliphatic hydroxyl groups excluding tert-OH is 3. The molecular formula is C15H18O8S. The van der Waals surface area contributed by atoms with Crippen molar-refractivity contribution in [2.45, 2.75) is 34.1 Å². The largest absolute Gasteiger partial charge is 0.469 e. The van der Waals surface area contributed by atoms with Crippen LogP contribution in [-0.4, -0.2) is 71.1 Å². The van der Waals surface area contributed by atoms with Crippen LogP contribution < -0.4 is 0 Å². The summed E-state index contributed by atoms with van der Waals surface area (Å²) in [6, 6.07) is 7.11. The van der Waals surface area contributed by atoms with Gasteiger partial charge in [0.05, 0.1) is 30.1 Å². The van der Waals surface area contributed by atoms with Crippen LogP contribution in [0.4, 0.5) is 0 Å². The zero-order valence-electron chi connectivity index (χ0n) is 12.7. The molecule has 7 atom stereocenters. The van der Waals surface area contributed by atoms with E-state index in [0.717, 1.165) is 7.11 Å². The molecule has 1 aromatic carbocycles. The number of hydrogen-bond acceptors (Lipinski definition) is 8. The highest BCUT2D eigenvalue weighted by atomic mass is 32.2. The second-order valence-electron chi connectivity index (χ2n) is 6.17. The van der Waals surface area contributed by atoms with Crippen LogP contribution in [0.2, 0.25) is 0 Å². The van der Waals surface area contributed by atoms with Gasteiger partial charge in [-0.05, 0) is 12.1 Å². The van der Waals surface area contributed by atoms with E-state index in [0.29, 0.717) is 0 Å². The molecule has 0 radical (unpaired) electrons. The lowest BCUT2D eigenvalue weighted by Crippen LogP contribution is -2.62. The van der Waals surface area contributed by atoms with Crippen molar-refractivity contribution >= 4 is 15.8 Å². The smallest absolute Gasteiger partial charge is 0.310 e. The molecule has 3 rings (SSSR count). The summed E-state index contributed by atoms with van der Waals surface area (Å²) >= 11 is 0. The molecule has 0 saturated heterocycles. The number of benzene rings is 1. The molecule has 4 N–H and O–H groups in total. The number of methoxy groups -OCH3 is 1. The molecule has 0 unspecified atom stereocenters.